The maximum atomic E-state index is 13.8. The molecular formula is C33H39N5O4S. The van der Waals surface area contributed by atoms with Gasteiger partial charge in [-0.1, -0.05) is 13.3 Å². The highest BCUT2D eigenvalue weighted by Gasteiger charge is 2.25. The van der Waals surface area contributed by atoms with Crippen molar-refractivity contribution in [2.75, 3.05) is 44.4 Å². The zero-order chi connectivity index (χ0) is 29.9. The molecule has 0 saturated carbocycles. The van der Waals surface area contributed by atoms with Crippen molar-refractivity contribution in [3.63, 3.8) is 0 Å². The highest BCUT2D eigenvalue weighted by Crippen LogP contribution is 2.40. The fourth-order valence-electron chi connectivity index (χ4n) is 6.05. The number of hydrogen-bond donors (Lipinski definition) is 2. The van der Waals surface area contributed by atoms with Crippen molar-refractivity contribution < 1.29 is 14.3 Å². The first kappa shape index (κ1) is 29.5. The zero-order valence-electron chi connectivity index (χ0n) is 25.1. The number of fused-ring (bicyclic) bond motifs is 1. The molecule has 4 aromatic rings. The highest BCUT2D eigenvalue weighted by molar-refractivity contribution is 7.19. The number of hydrogen-bond acceptors (Lipinski definition) is 8. The van der Waals surface area contributed by atoms with Crippen molar-refractivity contribution in [2.24, 2.45) is 0 Å². The van der Waals surface area contributed by atoms with E-state index in [0.717, 1.165) is 101 Å². The van der Waals surface area contributed by atoms with E-state index in [9.17, 15) is 9.59 Å². The average Bonchev–Trinajstić information content (AvgIpc) is 3.48. The van der Waals surface area contributed by atoms with Crippen LogP contribution in [0.15, 0.2) is 35.3 Å². The van der Waals surface area contributed by atoms with Gasteiger partial charge in [0.2, 0.25) is 0 Å². The van der Waals surface area contributed by atoms with Gasteiger partial charge in [-0.3, -0.25) is 9.59 Å². The van der Waals surface area contributed by atoms with E-state index < -0.39 is 0 Å². The molecule has 2 saturated heterocycles. The van der Waals surface area contributed by atoms with Crippen LogP contribution in [0.5, 0.6) is 0 Å². The fourth-order valence-corrected chi connectivity index (χ4v) is 7.38. The molecule has 5 heterocycles. The molecule has 0 radical (unpaired) electrons. The summed E-state index contributed by atoms with van der Waals surface area (Å²) in [6, 6.07) is 8.10. The minimum Gasteiger partial charge on any atom is -0.381 e. The molecule has 0 atom stereocenters. The molecule has 2 aliphatic rings. The molecule has 1 amide bonds. The number of nitrogens with zero attached hydrogens (tertiary/aromatic N) is 3. The lowest BCUT2D eigenvalue weighted by atomic mass is 9.98. The normalized spacial score (nSPS) is 16.1. The summed E-state index contributed by atoms with van der Waals surface area (Å²) in [5, 5.41) is 4.14. The minimum atomic E-state index is -0.221. The summed E-state index contributed by atoms with van der Waals surface area (Å²) in [5.74, 6) is 1.05. The summed E-state index contributed by atoms with van der Waals surface area (Å²) >= 11 is 1.71. The number of carbonyl (C=O) groups is 1. The highest BCUT2D eigenvalue weighted by atomic mass is 32.1. The van der Waals surface area contributed by atoms with Crippen molar-refractivity contribution in [3.05, 3.63) is 73.8 Å². The first-order chi connectivity index (χ1) is 20.9. The topological polar surface area (TPSA) is 109 Å². The SMILES string of the molecule is CCCc1cc(C)[nH]c(=O)c1CNC(=O)c1cc(-c2ccc(N3CCOCC3)nc2)c2sc(C3CCOCC3)nc2c1C. The molecule has 2 fully saturated rings. The number of aryl methyl sites for hydroxylation is 3. The van der Waals surface area contributed by atoms with E-state index >= 15 is 0 Å². The smallest absolute Gasteiger partial charge is 0.253 e. The van der Waals surface area contributed by atoms with E-state index in [4.69, 9.17) is 19.4 Å². The Balaban J connectivity index is 1.37. The van der Waals surface area contributed by atoms with Gasteiger partial charge in [0, 0.05) is 72.9 Å². The summed E-state index contributed by atoms with van der Waals surface area (Å²) in [4.78, 5) is 41.6. The maximum Gasteiger partial charge on any atom is 0.253 e. The largest absolute Gasteiger partial charge is 0.381 e. The van der Waals surface area contributed by atoms with Gasteiger partial charge in [0.15, 0.2) is 0 Å². The number of carbonyl (C=O) groups excluding carboxylic acids is 1. The van der Waals surface area contributed by atoms with Crippen LogP contribution in [0.25, 0.3) is 21.3 Å². The Kier molecular flexibility index (Phi) is 8.88. The molecule has 2 aliphatic heterocycles. The standard InChI is InChI=1S/C33H39N5O4S/c1-4-5-23-16-20(2)36-32(40)27(23)19-35-31(39)25-17-26(24-6-7-28(34-18-24)38-10-14-42-15-11-38)30-29(21(25)3)37-33(43-30)22-8-12-41-13-9-22/h6-7,16-18,22H,4-5,8-15,19H2,1-3H3,(H,35,39)(H,36,40). The number of thiazole rings is 1. The van der Waals surface area contributed by atoms with Gasteiger partial charge in [-0.15, -0.1) is 11.3 Å². The third-order valence-corrected chi connectivity index (χ3v) is 9.70. The van der Waals surface area contributed by atoms with Crippen molar-refractivity contribution in [2.45, 2.75) is 58.9 Å². The Bertz CT molecular complexity index is 1670. The maximum absolute atomic E-state index is 13.8. The van der Waals surface area contributed by atoms with Crippen molar-refractivity contribution in [3.8, 4) is 11.1 Å². The van der Waals surface area contributed by atoms with Gasteiger partial charge in [-0.25, -0.2) is 9.97 Å². The molecule has 2 N–H and O–H groups in total. The summed E-state index contributed by atoms with van der Waals surface area (Å²) < 4.78 is 12.2. The molecule has 1 aromatic carbocycles. The predicted octanol–water partition coefficient (Wildman–Crippen LogP) is 5.28. The molecule has 9 nitrogen and oxygen atoms in total. The molecule has 3 aromatic heterocycles. The van der Waals surface area contributed by atoms with Gasteiger partial charge >= 0.3 is 0 Å². The molecule has 43 heavy (non-hydrogen) atoms. The lowest BCUT2D eigenvalue weighted by molar-refractivity contribution is 0.0853. The lowest BCUT2D eigenvalue weighted by Crippen LogP contribution is -2.36. The van der Waals surface area contributed by atoms with Crippen LogP contribution in [0.3, 0.4) is 0 Å². The summed E-state index contributed by atoms with van der Waals surface area (Å²) in [6.07, 6.45) is 5.49. The number of amides is 1. The van der Waals surface area contributed by atoms with Crippen molar-refractivity contribution in [1.82, 2.24) is 20.3 Å². The van der Waals surface area contributed by atoms with E-state index in [1.54, 1.807) is 11.3 Å². The van der Waals surface area contributed by atoms with Gasteiger partial charge in [0.1, 0.15) is 5.82 Å². The summed E-state index contributed by atoms with van der Waals surface area (Å²) in [6.45, 7) is 10.6. The molecule has 6 rings (SSSR count). The molecular weight excluding hydrogens is 562 g/mol. The zero-order valence-corrected chi connectivity index (χ0v) is 25.9. The second kappa shape index (κ2) is 13.0. The Hall–Kier alpha value is -3.60. The fraction of sp³-hybridized carbons (Fsp3) is 0.455. The minimum absolute atomic E-state index is 0.149. The van der Waals surface area contributed by atoms with E-state index in [-0.39, 0.29) is 18.0 Å². The number of ether oxygens (including phenoxy) is 2. The first-order valence-corrected chi connectivity index (χ1v) is 16.0. The lowest BCUT2D eigenvalue weighted by Gasteiger charge is -2.27. The van der Waals surface area contributed by atoms with E-state index in [2.05, 4.69) is 28.2 Å². The van der Waals surface area contributed by atoms with Crippen LogP contribution in [-0.2, 0) is 22.4 Å². The second-order valence-corrected chi connectivity index (χ2v) is 12.5. The van der Waals surface area contributed by atoms with Crippen LogP contribution in [0.2, 0.25) is 0 Å². The summed E-state index contributed by atoms with van der Waals surface area (Å²) in [7, 11) is 0. The predicted molar refractivity (Wildman–Crippen MR) is 170 cm³/mol. The van der Waals surface area contributed by atoms with E-state index in [1.807, 2.05) is 38.2 Å². The quantitative estimate of drug-likeness (QED) is 0.283. The molecule has 10 heteroatoms. The number of benzene rings is 1. The Morgan fingerprint density at radius 3 is 2.60 bits per heavy atom. The van der Waals surface area contributed by atoms with Crippen molar-refractivity contribution >= 4 is 33.3 Å². The Morgan fingerprint density at radius 2 is 1.88 bits per heavy atom. The first-order valence-electron chi connectivity index (χ1n) is 15.2. The number of nitrogens with one attached hydrogen (secondary N) is 2. The number of aromatic nitrogens is 3. The third-order valence-electron chi connectivity index (χ3n) is 8.45. The monoisotopic (exact) mass is 601 g/mol. The van der Waals surface area contributed by atoms with Gasteiger partial charge < -0.3 is 24.7 Å². The molecule has 0 bridgehead atoms. The van der Waals surface area contributed by atoms with Gasteiger partial charge in [-0.05, 0) is 68.5 Å². The molecule has 0 spiro atoms. The van der Waals surface area contributed by atoms with Crippen LogP contribution < -0.4 is 15.8 Å². The number of rotatable bonds is 8. The number of pyridine rings is 2. The van der Waals surface area contributed by atoms with Crippen LogP contribution in [0.1, 0.15) is 69.9 Å². The number of H-pyrrole nitrogens is 1. The Labute approximate surface area is 255 Å². The summed E-state index contributed by atoms with van der Waals surface area (Å²) in [5.41, 5.74) is 6.41. The van der Waals surface area contributed by atoms with Gasteiger partial charge in [-0.2, -0.15) is 0 Å². The van der Waals surface area contributed by atoms with E-state index in [0.29, 0.717) is 30.3 Å². The third kappa shape index (κ3) is 6.23. The number of anilines is 1. The molecule has 0 aliphatic carbocycles. The van der Waals surface area contributed by atoms with Crippen LogP contribution in [-0.4, -0.2) is 60.4 Å². The van der Waals surface area contributed by atoms with Crippen molar-refractivity contribution in [1.29, 1.82) is 0 Å². The Morgan fingerprint density at radius 1 is 1.12 bits per heavy atom. The van der Waals surface area contributed by atoms with Crippen LogP contribution in [0.4, 0.5) is 5.82 Å². The van der Waals surface area contributed by atoms with Gasteiger partial charge in [0.25, 0.3) is 11.5 Å². The molecule has 226 valence electrons. The second-order valence-electron chi connectivity index (χ2n) is 11.4. The number of aromatic amines is 1. The van der Waals surface area contributed by atoms with Crippen LogP contribution in [0, 0.1) is 13.8 Å². The average molecular weight is 602 g/mol. The van der Waals surface area contributed by atoms with Gasteiger partial charge in [0.05, 0.1) is 28.4 Å². The van der Waals surface area contributed by atoms with Crippen LogP contribution >= 0.6 is 11.3 Å². The van der Waals surface area contributed by atoms with E-state index in [1.165, 1.54) is 0 Å². The number of morpholine rings is 1. The molecule has 0 unspecified atom stereocenters.